The summed E-state index contributed by atoms with van der Waals surface area (Å²) in [5, 5.41) is 8.81. The number of nitrogens with zero attached hydrogens (tertiary/aromatic N) is 1. The van der Waals surface area contributed by atoms with Crippen LogP contribution in [0.2, 0.25) is 0 Å². The van der Waals surface area contributed by atoms with Crippen molar-refractivity contribution >= 4 is 6.09 Å². The molecule has 1 N–H and O–H groups in total. The van der Waals surface area contributed by atoms with Crippen molar-refractivity contribution in [1.82, 2.24) is 4.90 Å². The Kier molecular flexibility index (Phi) is 2.70. The zero-order chi connectivity index (χ0) is 8.27. The van der Waals surface area contributed by atoms with Crippen LogP contribution in [0.3, 0.4) is 0 Å². The second-order valence-electron chi connectivity index (χ2n) is 2.61. The summed E-state index contributed by atoms with van der Waals surface area (Å²) >= 11 is 0. The second-order valence-corrected chi connectivity index (χ2v) is 2.61. The van der Waals surface area contributed by atoms with Crippen molar-refractivity contribution < 1.29 is 14.6 Å². The number of hydrogen-bond donors (Lipinski definition) is 1. The highest BCUT2D eigenvalue weighted by Gasteiger charge is 2.31. The van der Waals surface area contributed by atoms with E-state index in [2.05, 4.69) is 0 Å². The summed E-state index contributed by atoms with van der Waals surface area (Å²) in [6.45, 7) is 2.98. The number of hydrogen-bond acceptors (Lipinski definition) is 3. The number of cyclic esters (lactones) is 1. The number of carbonyl (C=O) groups excluding carboxylic acids is 1. The van der Waals surface area contributed by atoms with E-state index < -0.39 is 0 Å². The molecule has 1 aliphatic rings. The highest BCUT2D eigenvalue weighted by molar-refractivity contribution is 5.70. The number of amides is 1. The summed E-state index contributed by atoms with van der Waals surface area (Å²) in [4.78, 5) is 12.5. The van der Waals surface area contributed by atoms with E-state index in [1.165, 1.54) is 0 Å². The van der Waals surface area contributed by atoms with Gasteiger partial charge in [-0.1, -0.05) is 6.92 Å². The van der Waals surface area contributed by atoms with E-state index in [9.17, 15) is 4.79 Å². The van der Waals surface area contributed by atoms with Gasteiger partial charge in [-0.15, -0.1) is 0 Å². The third-order valence-corrected chi connectivity index (χ3v) is 1.75. The van der Waals surface area contributed by atoms with Crippen LogP contribution in [0.15, 0.2) is 0 Å². The van der Waals surface area contributed by atoms with Crippen molar-refractivity contribution in [2.75, 3.05) is 19.8 Å². The summed E-state index contributed by atoms with van der Waals surface area (Å²) in [6.07, 6.45) is 0.594. The molecule has 1 aliphatic heterocycles. The van der Waals surface area contributed by atoms with Crippen molar-refractivity contribution in [3.8, 4) is 0 Å². The summed E-state index contributed by atoms with van der Waals surface area (Å²) in [5.41, 5.74) is 0. The SMILES string of the molecule is CCCN1C(=O)OCC1CO. The highest BCUT2D eigenvalue weighted by Crippen LogP contribution is 2.11. The van der Waals surface area contributed by atoms with Crippen molar-refractivity contribution in [3.63, 3.8) is 0 Å². The van der Waals surface area contributed by atoms with Crippen molar-refractivity contribution in [1.29, 1.82) is 0 Å². The Hall–Kier alpha value is -0.770. The van der Waals surface area contributed by atoms with Crippen molar-refractivity contribution in [2.45, 2.75) is 19.4 Å². The standard InChI is InChI=1S/C7H13NO3/c1-2-3-8-6(4-9)5-11-7(8)10/h6,9H,2-5H2,1H3. The highest BCUT2D eigenvalue weighted by atomic mass is 16.6. The lowest BCUT2D eigenvalue weighted by Crippen LogP contribution is -2.36. The van der Waals surface area contributed by atoms with Gasteiger partial charge in [0, 0.05) is 6.54 Å². The van der Waals surface area contributed by atoms with E-state index in [-0.39, 0.29) is 18.7 Å². The summed E-state index contributed by atoms with van der Waals surface area (Å²) < 4.78 is 4.75. The van der Waals surface area contributed by atoms with Crippen LogP contribution in [0, 0.1) is 0 Å². The third-order valence-electron chi connectivity index (χ3n) is 1.75. The van der Waals surface area contributed by atoms with Gasteiger partial charge in [-0.2, -0.15) is 0 Å². The lowest BCUT2D eigenvalue weighted by atomic mass is 10.3. The van der Waals surface area contributed by atoms with Gasteiger partial charge in [-0.25, -0.2) is 4.79 Å². The Bertz CT molecular complexity index is 149. The Morgan fingerprint density at radius 2 is 2.55 bits per heavy atom. The molecule has 0 spiro atoms. The van der Waals surface area contributed by atoms with Gasteiger partial charge in [0.05, 0.1) is 12.6 Å². The maximum Gasteiger partial charge on any atom is 0.410 e. The molecule has 1 unspecified atom stereocenters. The monoisotopic (exact) mass is 159 g/mol. The molecule has 0 aromatic carbocycles. The van der Waals surface area contributed by atoms with E-state index >= 15 is 0 Å². The van der Waals surface area contributed by atoms with E-state index in [1.54, 1.807) is 4.90 Å². The molecule has 11 heavy (non-hydrogen) atoms. The number of carbonyl (C=O) groups is 1. The minimum atomic E-state index is -0.300. The molecule has 1 heterocycles. The lowest BCUT2D eigenvalue weighted by molar-refractivity contribution is 0.153. The van der Waals surface area contributed by atoms with Crippen LogP contribution in [0.5, 0.6) is 0 Å². The quantitative estimate of drug-likeness (QED) is 0.640. The molecule has 0 aromatic rings. The molecule has 0 radical (unpaired) electrons. The van der Waals surface area contributed by atoms with Crippen LogP contribution in [-0.2, 0) is 4.74 Å². The molecule has 1 fully saturated rings. The predicted molar refractivity (Wildman–Crippen MR) is 39.2 cm³/mol. The molecule has 0 bridgehead atoms. The normalized spacial score (nSPS) is 24.0. The van der Waals surface area contributed by atoms with E-state index in [4.69, 9.17) is 9.84 Å². The fourth-order valence-electron chi connectivity index (χ4n) is 1.16. The first-order valence-electron chi connectivity index (χ1n) is 3.83. The van der Waals surface area contributed by atoms with Crippen LogP contribution < -0.4 is 0 Å². The van der Waals surface area contributed by atoms with Gasteiger partial charge in [-0.3, -0.25) is 4.90 Å². The van der Waals surface area contributed by atoms with Gasteiger partial charge < -0.3 is 9.84 Å². The third kappa shape index (κ3) is 1.63. The molecule has 0 aliphatic carbocycles. The van der Waals surface area contributed by atoms with E-state index in [0.29, 0.717) is 13.2 Å². The van der Waals surface area contributed by atoms with Gasteiger partial charge in [0.2, 0.25) is 0 Å². The zero-order valence-electron chi connectivity index (χ0n) is 6.62. The Labute approximate surface area is 65.8 Å². The minimum Gasteiger partial charge on any atom is -0.447 e. The van der Waals surface area contributed by atoms with Crippen molar-refractivity contribution in [3.05, 3.63) is 0 Å². The molecule has 1 saturated heterocycles. The molecule has 1 rings (SSSR count). The topological polar surface area (TPSA) is 49.8 Å². The lowest BCUT2D eigenvalue weighted by Gasteiger charge is -2.17. The summed E-state index contributed by atoms with van der Waals surface area (Å²) in [7, 11) is 0. The molecule has 1 atom stereocenters. The van der Waals surface area contributed by atoms with Crippen molar-refractivity contribution in [2.24, 2.45) is 0 Å². The Morgan fingerprint density at radius 3 is 3.09 bits per heavy atom. The van der Waals surface area contributed by atoms with Crippen LogP contribution in [0.4, 0.5) is 4.79 Å². The summed E-state index contributed by atoms with van der Waals surface area (Å²) in [5.74, 6) is 0. The van der Waals surface area contributed by atoms with Gasteiger partial charge in [0.15, 0.2) is 0 Å². The maximum absolute atomic E-state index is 10.9. The fourth-order valence-corrected chi connectivity index (χ4v) is 1.16. The van der Waals surface area contributed by atoms with Gasteiger partial charge in [0.25, 0.3) is 0 Å². The summed E-state index contributed by atoms with van der Waals surface area (Å²) in [6, 6.07) is -0.123. The predicted octanol–water partition coefficient (Wildman–Crippen LogP) is 0.209. The molecule has 4 heteroatoms. The fraction of sp³-hybridized carbons (Fsp3) is 0.857. The first-order valence-corrected chi connectivity index (χ1v) is 3.83. The molecule has 0 aromatic heterocycles. The second kappa shape index (κ2) is 3.57. The number of rotatable bonds is 3. The van der Waals surface area contributed by atoms with Crippen LogP contribution in [0.25, 0.3) is 0 Å². The molecule has 4 nitrogen and oxygen atoms in total. The Balaban J connectivity index is 2.49. The minimum absolute atomic E-state index is 0.00819. The molecular weight excluding hydrogens is 146 g/mol. The number of aliphatic hydroxyl groups is 1. The average Bonchev–Trinajstić information content (AvgIpc) is 2.34. The largest absolute Gasteiger partial charge is 0.447 e. The molecule has 64 valence electrons. The average molecular weight is 159 g/mol. The van der Waals surface area contributed by atoms with E-state index in [0.717, 1.165) is 6.42 Å². The number of ether oxygens (including phenoxy) is 1. The maximum atomic E-state index is 10.9. The first kappa shape index (κ1) is 8.33. The van der Waals surface area contributed by atoms with Crippen LogP contribution in [0.1, 0.15) is 13.3 Å². The zero-order valence-corrected chi connectivity index (χ0v) is 6.62. The van der Waals surface area contributed by atoms with Crippen LogP contribution >= 0.6 is 0 Å². The van der Waals surface area contributed by atoms with Gasteiger partial charge in [0.1, 0.15) is 6.61 Å². The first-order chi connectivity index (χ1) is 5.29. The van der Waals surface area contributed by atoms with E-state index in [1.807, 2.05) is 6.92 Å². The van der Waals surface area contributed by atoms with Gasteiger partial charge in [-0.05, 0) is 6.42 Å². The smallest absolute Gasteiger partial charge is 0.410 e. The molecular formula is C7H13NO3. The van der Waals surface area contributed by atoms with Crippen LogP contribution in [-0.4, -0.2) is 41.9 Å². The Morgan fingerprint density at radius 1 is 1.82 bits per heavy atom. The van der Waals surface area contributed by atoms with Gasteiger partial charge >= 0.3 is 6.09 Å². The number of aliphatic hydroxyl groups excluding tert-OH is 1. The molecule has 1 amide bonds. The molecule has 0 saturated carbocycles.